The van der Waals surface area contributed by atoms with E-state index in [2.05, 4.69) is 0 Å². The van der Waals surface area contributed by atoms with Crippen molar-refractivity contribution in [3.8, 4) is 23.0 Å². The van der Waals surface area contributed by atoms with E-state index < -0.39 is 0 Å². The topological polar surface area (TPSA) is 62.9 Å². The molecule has 5 nitrogen and oxygen atoms in total. The highest BCUT2D eigenvalue weighted by Crippen LogP contribution is 2.41. The molecule has 108 valence electrons. The number of benzene rings is 1. The molecule has 0 aliphatic heterocycles. The Kier molecular flexibility index (Phi) is 5.76. The molecule has 0 heterocycles. The van der Waals surface area contributed by atoms with Gasteiger partial charge >= 0.3 is 0 Å². The predicted molar refractivity (Wildman–Crippen MR) is 74.5 cm³/mol. The first-order valence-electron chi connectivity index (χ1n) is 6.29. The number of hydrogen-bond acceptors (Lipinski definition) is 5. The second-order valence-electron chi connectivity index (χ2n) is 4.26. The van der Waals surface area contributed by atoms with Crippen molar-refractivity contribution in [1.82, 2.24) is 0 Å². The Morgan fingerprint density at radius 2 is 1.58 bits per heavy atom. The molecule has 2 unspecified atom stereocenters. The summed E-state index contributed by atoms with van der Waals surface area (Å²) >= 11 is 0. The van der Waals surface area contributed by atoms with E-state index in [9.17, 15) is 0 Å². The summed E-state index contributed by atoms with van der Waals surface area (Å²) in [4.78, 5) is 0. The maximum Gasteiger partial charge on any atom is 0.203 e. The monoisotopic (exact) mass is 269 g/mol. The zero-order valence-corrected chi connectivity index (χ0v) is 12.2. The molecule has 0 spiro atoms. The highest BCUT2D eigenvalue weighted by atomic mass is 16.5. The van der Waals surface area contributed by atoms with Gasteiger partial charge in [-0.3, -0.25) is 0 Å². The second-order valence-corrected chi connectivity index (χ2v) is 4.26. The lowest BCUT2D eigenvalue weighted by molar-refractivity contribution is 0.185. The highest BCUT2D eigenvalue weighted by molar-refractivity contribution is 5.55. The van der Waals surface area contributed by atoms with Crippen LogP contribution in [0.4, 0.5) is 0 Å². The SMILES string of the molecule is CCC(N)C(C)Oc1cc(OC)c(OC)c(OC)c1. The molecule has 19 heavy (non-hydrogen) atoms. The Morgan fingerprint density at radius 1 is 1.05 bits per heavy atom. The van der Waals surface area contributed by atoms with Crippen molar-refractivity contribution in [2.24, 2.45) is 5.73 Å². The van der Waals surface area contributed by atoms with Gasteiger partial charge in [-0.1, -0.05) is 6.92 Å². The zero-order chi connectivity index (χ0) is 14.4. The third kappa shape index (κ3) is 3.67. The fourth-order valence-corrected chi connectivity index (χ4v) is 1.76. The Morgan fingerprint density at radius 3 is 1.95 bits per heavy atom. The fraction of sp³-hybridized carbons (Fsp3) is 0.571. The third-order valence-electron chi connectivity index (χ3n) is 3.03. The smallest absolute Gasteiger partial charge is 0.203 e. The molecular formula is C14H23NO4. The minimum Gasteiger partial charge on any atom is -0.493 e. The van der Waals surface area contributed by atoms with E-state index in [-0.39, 0.29) is 12.1 Å². The van der Waals surface area contributed by atoms with E-state index in [1.54, 1.807) is 33.5 Å². The Labute approximate surface area is 114 Å². The summed E-state index contributed by atoms with van der Waals surface area (Å²) in [6.07, 6.45) is 0.763. The van der Waals surface area contributed by atoms with Gasteiger partial charge in [0, 0.05) is 18.2 Å². The van der Waals surface area contributed by atoms with Gasteiger partial charge in [-0.15, -0.1) is 0 Å². The molecule has 0 aliphatic carbocycles. The van der Waals surface area contributed by atoms with E-state index in [0.717, 1.165) is 6.42 Å². The van der Waals surface area contributed by atoms with Crippen LogP contribution in [0.25, 0.3) is 0 Å². The quantitative estimate of drug-likeness (QED) is 0.822. The average molecular weight is 269 g/mol. The van der Waals surface area contributed by atoms with Crippen molar-refractivity contribution in [3.05, 3.63) is 12.1 Å². The van der Waals surface area contributed by atoms with Crippen molar-refractivity contribution in [2.45, 2.75) is 32.4 Å². The van der Waals surface area contributed by atoms with Crippen LogP contribution in [0.2, 0.25) is 0 Å². The normalized spacial score (nSPS) is 13.6. The zero-order valence-electron chi connectivity index (χ0n) is 12.2. The van der Waals surface area contributed by atoms with Gasteiger partial charge in [-0.05, 0) is 13.3 Å². The Hall–Kier alpha value is -1.62. The molecule has 0 aromatic heterocycles. The molecule has 2 atom stereocenters. The summed E-state index contributed by atoms with van der Waals surface area (Å²) in [6, 6.07) is 3.51. The first-order valence-corrected chi connectivity index (χ1v) is 6.29. The summed E-state index contributed by atoms with van der Waals surface area (Å²) in [5.41, 5.74) is 5.95. The number of hydrogen-bond donors (Lipinski definition) is 1. The average Bonchev–Trinajstić information content (AvgIpc) is 2.44. The second kappa shape index (κ2) is 7.09. The van der Waals surface area contributed by atoms with Crippen LogP contribution in [0.3, 0.4) is 0 Å². The molecule has 1 aromatic rings. The lowest BCUT2D eigenvalue weighted by Crippen LogP contribution is -2.35. The van der Waals surface area contributed by atoms with Crippen LogP contribution in [0, 0.1) is 0 Å². The molecular weight excluding hydrogens is 246 g/mol. The van der Waals surface area contributed by atoms with E-state index in [0.29, 0.717) is 23.0 Å². The summed E-state index contributed by atoms with van der Waals surface area (Å²) in [7, 11) is 4.71. The Balaban J connectivity index is 3.02. The first-order chi connectivity index (χ1) is 9.07. The van der Waals surface area contributed by atoms with Crippen molar-refractivity contribution >= 4 is 0 Å². The van der Waals surface area contributed by atoms with Gasteiger partial charge in [0.25, 0.3) is 0 Å². The molecule has 0 bridgehead atoms. The molecule has 1 aromatic carbocycles. The van der Waals surface area contributed by atoms with Crippen LogP contribution in [-0.2, 0) is 0 Å². The van der Waals surface area contributed by atoms with Gasteiger partial charge < -0.3 is 24.7 Å². The molecule has 2 N–H and O–H groups in total. The van der Waals surface area contributed by atoms with Crippen LogP contribution < -0.4 is 24.7 Å². The maximum atomic E-state index is 5.95. The molecule has 0 amide bonds. The van der Waals surface area contributed by atoms with Crippen molar-refractivity contribution in [1.29, 1.82) is 0 Å². The lowest BCUT2D eigenvalue weighted by atomic mass is 10.1. The number of methoxy groups -OCH3 is 3. The summed E-state index contributed by atoms with van der Waals surface area (Å²) in [5, 5.41) is 0. The highest BCUT2D eigenvalue weighted by Gasteiger charge is 2.17. The Bertz CT molecular complexity index is 383. The van der Waals surface area contributed by atoms with Crippen LogP contribution in [-0.4, -0.2) is 33.5 Å². The minimum absolute atomic E-state index is 0.0147. The van der Waals surface area contributed by atoms with Crippen molar-refractivity contribution < 1.29 is 18.9 Å². The van der Waals surface area contributed by atoms with Crippen LogP contribution in [0.5, 0.6) is 23.0 Å². The minimum atomic E-state index is -0.0900. The number of ether oxygens (including phenoxy) is 4. The first kappa shape index (κ1) is 15.4. The lowest BCUT2D eigenvalue weighted by Gasteiger charge is -2.21. The van der Waals surface area contributed by atoms with Gasteiger partial charge in [-0.2, -0.15) is 0 Å². The van der Waals surface area contributed by atoms with Gasteiger partial charge in [0.05, 0.1) is 21.3 Å². The van der Waals surface area contributed by atoms with Gasteiger partial charge in [-0.25, -0.2) is 0 Å². The summed E-state index contributed by atoms with van der Waals surface area (Å²) in [5.74, 6) is 2.32. The van der Waals surface area contributed by atoms with Crippen LogP contribution >= 0.6 is 0 Å². The molecule has 0 saturated carbocycles. The molecule has 5 heteroatoms. The molecule has 0 radical (unpaired) electrons. The van der Waals surface area contributed by atoms with E-state index in [1.807, 2.05) is 13.8 Å². The largest absolute Gasteiger partial charge is 0.493 e. The van der Waals surface area contributed by atoms with Crippen LogP contribution in [0.15, 0.2) is 12.1 Å². The van der Waals surface area contributed by atoms with E-state index >= 15 is 0 Å². The molecule has 0 fully saturated rings. The predicted octanol–water partition coefficient (Wildman–Crippen LogP) is 2.22. The molecule has 1 rings (SSSR count). The van der Waals surface area contributed by atoms with Gasteiger partial charge in [0.1, 0.15) is 11.9 Å². The number of nitrogens with two attached hydrogens (primary N) is 1. The van der Waals surface area contributed by atoms with E-state index in [1.165, 1.54) is 0 Å². The van der Waals surface area contributed by atoms with Crippen LogP contribution in [0.1, 0.15) is 20.3 Å². The van der Waals surface area contributed by atoms with Crippen molar-refractivity contribution in [2.75, 3.05) is 21.3 Å². The van der Waals surface area contributed by atoms with E-state index in [4.69, 9.17) is 24.7 Å². The summed E-state index contributed by atoms with van der Waals surface area (Å²) < 4.78 is 21.6. The standard InChI is InChI=1S/C14H23NO4/c1-6-11(15)9(2)19-10-7-12(16-3)14(18-5)13(8-10)17-4/h7-9,11H,6,15H2,1-5H3. The van der Waals surface area contributed by atoms with Gasteiger partial charge in [0.15, 0.2) is 11.5 Å². The summed E-state index contributed by atoms with van der Waals surface area (Å²) in [6.45, 7) is 3.97. The molecule has 0 saturated heterocycles. The number of rotatable bonds is 7. The third-order valence-corrected chi connectivity index (χ3v) is 3.03. The van der Waals surface area contributed by atoms with Gasteiger partial charge in [0.2, 0.25) is 5.75 Å². The maximum absolute atomic E-state index is 5.95. The molecule has 0 aliphatic rings. The fourth-order valence-electron chi connectivity index (χ4n) is 1.76. The van der Waals surface area contributed by atoms with Crippen molar-refractivity contribution in [3.63, 3.8) is 0 Å².